The van der Waals surface area contributed by atoms with E-state index in [1.54, 1.807) is 0 Å². The zero-order valence-corrected chi connectivity index (χ0v) is 14.7. The van der Waals surface area contributed by atoms with Gasteiger partial charge < -0.3 is 9.47 Å². The molecule has 1 saturated carbocycles. The van der Waals surface area contributed by atoms with Gasteiger partial charge in [-0.3, -0.25) is 4.68 Å². The Morgan fingerprint density at radius 2 is 1.86 bits per heavy atom. The molecule has 2 heterocycles. The van der Waals surface area contributed by atoms with E-state index in [0.717, 1.165) is 30.8 Å². The van der Waals surface area contributed by atoms with Crippen molar-refractivity contribution in [2.75, 3.05) is 13.2 Å². The topological polar surface area (TPSA) is 36.3 Å². The molecular formula is C17H25ClN2O2. The summed E-state index contributed by atoms with van der Waals surface area (Å²) in [7, 11) is 1.94. The van der Waals surface area contributed by atoms with Crippen molar-refractivity contribution in [2.24, 2.45) is 18.4 Å². The molecule has 1 aliphatic heterocycles. The lowest BCUT2D eigenvalue weighted by Crippen LogP contribution is -2.61. The van der Waals surface area contributed by atoms with Gasteiger partial charge in [-0.15, -0.1) is 0 Å². The molecule has 3 aliphatic rings. The molecule has 1 spiro atoms. The van der Waals surface area contributed by atoms with Crippen molar-refractivity contribution in [3.63, 3.8) is 0 Å². The number of aryl methyl sites for hydroxylation is 1. The Balaban J connectivity index is 1.81. The number of hydrogen-bond donors (Lipinski definition) is 0. The molecule has 1 aromatic heterocycles. The molecule has 122 valence electrons. The van der Waals surface area contributed by atoms with Crippen molar-refractivity contribution in [1.82, 2.24) is 9.78 Å². The summed E-state index contributed by atoms with van der Waals surface area (Å²) < 4.78 is 14.1. The van der Waals surface area contributed by atoms with Gasteiger partial charge in [-0.05, 0) is 25.2 Å². The predicted octanol–water partition coefficient (Wildman–Crippen LogP) is 3.46. The van der Waals surface area contributed by atoms with E-state index in [1.165, 1.54) is 11.3 Å². The standard InChI is InChI=1S/C17H25ClN2O2/c1-15(2)12-6-5-11-13(19-20(4)14(11)18)16(12,3)7-8-17(15)21-9-10-22-17/h12H,5-10H2,1-4H3/t12-,16?/m0/s1. The number of rotatable bonds is 0. The van der Waals surface area contributed by atoms with Crippen molar-refractivity contribution in [2.45, 2.75) is 57.7 Å². The zero-order valence-electron chi connectivity index (χ0n) is 13.9. The minimum Gasteiger partial charge on any atom is -0.347 e. The maximum Gasteiger partial charge on any atom is 0.173 e. The Kier molecular flexibility index (Phi) is 3.06. The summed E-state index contributed by atoms with van der Waals surface area (Å²) in [6.45, 7) is 8.43. The van der Waals surface area contributed by atoms with Crippen LogP contribution in [0.15, 0.2) is 0 Å². The number of halogens is 1. The van der Waals surface area contributed by atoms with E-state index in [9.17, 15) is 0 Å². The lowest BCUT2D eigenvalue weighted by molar-refractivity contribution is -0.276. The van der Waals surface area contributed by atoms with Crippen LogP contribution in [0.5, 0.6) is 0 Å². The first kappa shape index (κ1) is 15.0. The number of aromatic nitrogens is 2. The van der Waals surface area contributed by atoms with Gasteiger partial charge in [-0.25, -0.2) is 0 Å². The Labute approximate surface area is 137 Å². The van der Waals surface area contributed by atoms with E-state index in [2.05, 4.69) is 20.8 Å². The first-order chi connectivity index (χ1) is 10.3. The minimum absolute atomic E-state index is 0.0296. The first-order valence-electron chi connectivity index (χ1n) is 8.32. The van der Waals surface area contributed by atoms with Crippen molar-refractivity contribution in [3.05, 3.63) is 16.4 Å². The van der Waals surface area contributed by atoms with E-state index in [0.29, 0.717) is 19.1 Å². The molecule has 22 heavy (non-hydrogen) atoms. The zero-order chi connectivity index (χ0) is 15.8. The first-order valence-corrected chi connectivity index (χ1v) is 8.69. The molecule has 0 amide bonds. The fourth-order valence-corrected chi connectivity index (χ4v) is 5.65. The third-order valence-corrected chi connectivity index (χ3v) is 7.11. The maximum absolute atomic E-state index is 6.46. The fourth-order valence-electron chi connectivity index (χ4n) is 5.43. The van der Waals surface area contributed by atoms with Crippen LogP contribution in [0.25, 0.3) is 0 Å². The second kappa shape index (κ2) is 4.49. The van der Waals surface area contributed by atoms with Gasteiger partial charge in [-0.2, -0.15) is 5.10 Å². The molecule has 1 saturated heterocycles. The summed E-state index contributed by atoms with van der Waals surface area (Å²) in [6, 6.07) is 0. The summed E-state index contributed by atoms with van der Waals surface area (Å²) in [5.74, 6) is 0.0816. The van der Waals surface area contributed by atoms with Gasteiger partial charge in [-0.1, -0.05) is 32.4 Å². The SMILES string of the molecule is Cn1nc2c(c1Cl)CC[C@@H]1C2(C)CCC2(OCCO2)C1(C)C. The highest BCUT2D eigenvalue weighted by Gasteiger charge is 2.64. The smallest absolute Gasteiger partial charge is 0.173 e. The molecule has 1 unspecified atom stereocenters. The van der Waals surface area contributed by atoms with E-state index >= 15 is 0 Å². The molecule has 4 nitrogen and oxygen atoms in total. The molecule has 1 aromatic rings. The lowest BCUT2D eigenvalue weighted by atomic mass is 9.49. The van der Waals surface area contributed by atoms with Crippen LogP contribution >= 0.6 is 11.6 Å². The molecule has 4 rings (SSSR count). The normalized spacial score (nSPS) is 35.4. The second-order valence-electron chi connectivity index (χ2n) is 7.92. The molecular weight excluding hydrogens is 300 g/mol. The van der Waals surface area contributed by atoms with Crippen LogP contribution in [0.4, 0.5) is 0 Å². The van der Waals surface area contributed by atoms with Crippen molar-refractivity contribution in [1.29, 1.82) is 0 Å². The Bertz CT molecular complexity index is 618. The Morgan fingerprint density at radius 1 is 1.18 bits per heavy atom. The van der Waals surface area contributed by atoms with Crippen LogP contribution in [0.1, 0.15) is 51.3 Å². The van der Waals surface area contributed by atoms with E-state index in [4.69, 9.17) is 26.2 Å². The highest BCUT2D eigenvalue weighted by atomic mass is 35.5. The van der Waals surface area contributed by atoms with Crippen LogP contribution in [-0.4, -0.2) is 28.8 Å². The number of ether oxygens (including phenoxy) is 2. The summed E-state index contributed by atoms with van der Waals surface area (Å²) >= 11 is 6.46. The molecule has 0 bridgehead atoms. The van der Waals surface area contributed by atoms with Gasteiger partial charge in [0, 0.05) is 29.9 Å². The largest absolute Gasteiger partial charge is 0.347 e. The van der Waals surface area contributed by atoms with Crippen molar-refractivity contribution >= 4 is 11.6 Å². The summed E-state index contributed by atoms with van der Waals surface area (Å²) in [5, 5.41) is 5.60. The van der Waals surface area contributed by atoms with Gasteiger partial charge >= 0.3 is 0 Å². The van der Waals surface area contributed by atoms with Crippen molar-refractivity contribution in [3.8, 4) is 0 Å². The minimum atomic E-state index is -0.409. The molecule has 0 radical (unpaired) electrons. The Morgan fingerprint density at radius 3 is 2.55 bits per heavy atom. The third kappa shape index (κ3) is 1.64. The Hall–Kier alpha value is -0.580. The van der Waals surface area contributed by atoms with Gasteiger partial charge in [0.15, 0.2) is 5.79 Å². The molecule has 5 heteroatoms. The lowest BCUT2D eigenvalue weighted by Gasteiger charge is -2.59. The third-order valence-electron chi connectivity index (χ3n) is 6.64. The molecule has 2 atom stereocenters. The van der Waals surface area contributed by atoms with E-state index < -0.39 is 5.79 Å². The maximum atomic E-state index is 6.46. The summed E-state index contributed by atoms with van der Waals surface area (Å²) in [5.41, 5.74) is 2.49. The van der Waals surface area contributed by atoms with E-state index in [-0.39, 0.29) is 10.8 Å². The van der Waals surface area contributed by atoms with Crippen LogP contribution in [0, 0.1) is 11.3 Å². The molecule has 2 fully saturated rings. The number of hydrogen-bond acceptors (Lipinski definition) is 3. The van der Waals surface area contributed by atoms with Gasteiger partial charge in [0.05, 0.1) is 18.9 Å². The fraction of sp³-hybridized carbons (Fsp3) is 0.824. The monoisotopic (exact) mass is 324 g/mol. The quantitative estimate of drug-likeness (QED) is 0.733. The van der Waals surface area contributed by atoms with Crippen LogP contribution in [0.3, 0.4) is 0 Å². The van der Waals surface area contributed by atoms with Gasteiger partial charge in [0.1, 0.15) is 5.15 Å². The van der Waals surface area contributed by atoms with Gasteiger partial charge in [0.2, 0.25) is 0 Å². The van der Waals surface area contributed by atoms with Crippen molar-refractivity contribution < 1.29 is 9.47 Å². The molecule has 2 aliphatic carbocycles. The van der Waals surface area contributed by atoms with Crippen LogP contribution in [0.2, 0.25) is 5.15 Å². The average Bonchev–Trinajstić information content (AvgIpc) is 3.05. The summed E-state index contributed by atoms with van der Waals surface area (Å²) in [4.78, 5) is 0. The van der Waals surface area contributed by atoms with E-state index in [1.807, 2.05) is 11.7 Å². The van der Waals surface area contributed by atoms with Crippen LogP contribution < -0.4 is 0 Å². The number of fused-ring (bicyclic) bond motifs is 3. The van der Waals surface area contributed by atoms with Crippen LogP contribution in [-0.2, 0) is 28.4 Å². The second-order valence-corrected chi connectivity index (χ2v) is 8.28. The molecule has 0 N–H and O–H groups in total. The number of nitrogens with zero attached hydrogens (tertiary/aromatic N) is 2. The summed E-state index contributed by atoms with van der Waals surface area (Å²) in [6.07, 6.45) is 4.10. The highest BCUT2D eigenvalue weighted by molar-refractivity contribution is 6.30. The predicted molar refractivity (Wildman–Crippen MR) is 85.0 cm³/mol. The van der Waals surface area contributed by atoms with Gasteiger partial charge in [0.25, 0.3) is 0 Å². The highest BCUT2D eigenvalue weighted by Crippen LogP contribution is 2.62. The average molecular weight is 325 g/mol. The molecule has 0 aromatic carbocycles.